The van der Waals surface area contributed by atoms with Crippen LogP contribution in [0.4, 0.5) is 26.3 Å². The molecule has 3 atom stereocenters. The van der Waals surface area contributed by atoms with Crippen molar-refractivity contribution in [1.29, 1.82) is 0 Å². The Morgan fingerprint density at radius 3 is 2.21 bits per heavy atom. The van der Waals surface area contributed by atoms with E-state index in [2.05, 4.69) is 10.3 Å². The third-order valence-corrected chi connectivity index (χ3v) is 6.93. The summed E-state index contributed by atoms with van der Waals surface area (Å²) in [5.41, 5.74) is -1.19. The maximum absolute atomic E-state index is 13.3. The van der Waals surface area contributed by atoms with Gasteiger partial charge in [-0.05, 0) is 59.7 Å². The molecule has 4 rings (SSSR count). The maximum Gasteiger partial charge on any atom is 0.416 e. The molecule has 0 aliphatic heterocycles. The summed E-state index contributed by atoms with van der Waals surface area (Å²) in [6, 6.07) is 14.5. The quantitative estimate of drug-likeness (QED) is 0.300. The van der Waals surface area contributed by atoms with E-state index in [1.54, 1.807) is 18.5 Å². The lowest BCUT2D eigenvalue weighted by molar-refractivity contribution is -0.143. The van der Waals surface area contributed by atoms with Crippen molar-refractivity contribution >= 4 is 5.91 Å². The molecule has 208 valence electrons. The standard InChI is InChI=1S/C29H28F6N2O2/c30-28(31,32)23-12-20(13-24(15-23)29(33,34)35)18-39-25-10-4-9-22(27(25)21-7-2-1-3-8-21)14-26(38)37-17-19-6-5-11-36-16-19/h1-3,5-8,11-13,15-16,22,25,27H,4,9-10,14,17-18H2,(H,37,38)/t22-,25+,27-/m1/s1. The van der Waals surface area contributed by atoms with Crippen LogP contribution in [-0.4, -0.2) is 17.0 Å². The van der Waals surface area contributed by atoms with Crippen LogP contribution in [0.25, 0.3) is 0 Å². The van der Waals surface area contributed by atoms with Crippen molar-refractivity contribution in [3.05, 3.63) is 101 Å². The molecule has 2 aromatic carbocycles. The molecule has 1 aromatic heterocycles. The van der Waals surface area contributed by atoms with Gasteiger partial charge in [-0.1, -0.05) is 42.8 Å². The van der Waals surface area contributed by atoms with Crippen molar-refractivity contribution in [3.8, 4) is 0 Å². The molecule has 10 heteroatoms. The number of ether oxygens (including phenoxy) is 1. The molecule has 1 aliphatic rings. The number of rotatable bonds is 8. The Morgan fingerprint density at radius 1 is 0.897 bits per heavy atom. The second-order valence-corrected chi connectivity index (χ2v) is 9.73. The van der Waals surface area contributed by atoms with Crippen molar-refractivity contribution in [1.82, 2.24) is 10.3 Å². The summed E-state index contributed by atoms with van der Waals surface area (Å²) in [5.74, 6) is -0.526. The molecule has 0 radical (unpaired) electrons. The topological polar surface area (TPSA) is 51.2 Å². The average molecular weight is 551 g/mol. The highest BCUT2D eigenvalue weighted by atomic mass is 19.4. The molecule has 3 aromatic rings. The van der Waals surface area contributed by atoms with E-state index in [0.717, 1.165) is 17.5 Å². The number of nitrogens with one attached hydrogen (secondary N) is 1. The fourth-order valence-corrected chi connectivity index (χ4v) is 5.14. The number of hydrogen-bond donors (Lipinski definition) is 1. The molecule has 0 bridgehead atoms. The van der Waals surface area contributed by atoms with Crippen LogP contribution in [0, 0.1) is 5.92 Å². The molecular weight excluding hydrogens is 522 g/mol. The highest BCUT2D eigenvalue weighted by molar-refractivity contribution is 5.76. The molecule has 1 amide bonds. The van der Waals surface area contributed by atoms with E-state index in [9.17, 15) is 31.1 Å². The summed E-state index contributed by atoms with van der Waals surface area (Å²) < 4.78 is 85.9. The number of carbonyl (C=O) groups excluding carboxylic acids is 1. The van der Waals surface area contributed by atoms with Crippen LogP contribution in [0.15, 0.2) is 73.1 Å². The van der Waals surface area contributed by atoms with E-state index >= 15 is 0 Å². The van der Waals surface area contributed by atoms with E-state index in [4.69, 9.17) is 4.74 Å². The lowest BCUT2D eigenvalue weighted by Gasteiger charge is -2.38. The van der Waals surface area contributed by atoms with E-state index in [-0.39, 0.29) is 35.8 Å². The van der Waals surface area contributed by atoms with Crippen molar-refractivity contribution in [2.45, 2.75) is 63.2 Å². The lowest BCUT2D eigenvalue weighted by Crippen LogP contribution is -2.36. The minimum absolute atomic E-state index is 0.108. The largest absolute Gasteiger partial charge is 0.416 e. The van der Waals surface area contributed by atoms with Gasteiger partial charge in [-0.3, -0.25) is 9.78 Å². The van der Waals surface area contributed by atoms with Gasteiger partial charge in [0.25, 0.3) is 0 Å². The summed E-state index contributed by atoms with van der Waals surface area (Å²) >= 11 is 0. The van der Waals surface area contributed by atoms with E-state index in [1.165, 1.54) is 0 Å². The highest BCUT2D eigenvalue weighted by Crippen LogP contribution is 2.42. The van der Waals surface area contributed by atoms with Crippen molar-refractivity contribution in [3.63, 3.8) is 0 Å². The second-order valence-electron chi connectivity index (χ2n) is 9.73. The van der Waals surface area contributed by atoms with Crippen molar-refractivity contribution in [2.75, 3.05) is 0 Å². The Balaban J connectivity index is 1.51. The number of carbonyl (C=O) groups is 1. The highest BCUT2D eigenvalue weighted by Gasteiger charge is 2.38. The van der Waals surface area contributed by atoms with Crippen LogP contribution in [0.5, 0.6) is 0 Å². The summed E-state index contributed by atoms with van der Waals surface area (Å²) in [5, 5.41) is 2.90. The number of benzene rings is 2. The summed E-state index contributed by atoms with van der Waals surface area (Å²) in [6.45, 7) is -0.0899. The number of halogens is 6. The van der Waals surface area contributed by atoms with Gasteiger partial charge < -0.3 is 10.1 Å². The van der Waals surface area contributed by atoms with Crippen LogP contribution in [0.1, 0.15) is 59.4 Å². The monoisotopic (exact) mass is 550 g/mol. The molecule has 0 saturated heterocycles. The Bertz CT molecular complexity index is 1200. The molecule has 4 nitrogen and oxygen atoms in total. The number of hydrogen-bond acceptors (Lipinski definition) is 3. The maximum atomic E-state index is 13.3. The molecular formula is C29H28F6N2O2. The first-order chi connectivity index (χ1) is 18.5. The lowest BCUT2D eigenvalue weighted by atomic mass is 9.72. The number of alkyl halides is 6. The predicted octanol–water partition coefficient (Wildman–Crippen LogP) is 7.29. The van der Waals surface area contributed by atoms with E-state index < -0.39 is 36.2 Å². The first-order valence-electron chi connectivity index (χ1n) is 12.6. The fourth-order valence-electron chi connectivity index (χ4n) is 5.14. The minimum Gasteiger partial charge on any atom is -0.373 e. The van der Waals surface area contributed by atoms with E-state index in [0.29, 0.717) is 31.5 Å². The first kappa shape index (κ1) is 28.6. The molecule has 1 saturated carbocycles. The number of pyridine rings is 1. The summed E-state index contributed by atoms with van der Waals surface area (Å²) in [4.78, 5) is 16.9. The van der Waals surface area contributed by atoms with Gasteiger partial charge in [0, 0.05) is 31.3 Å². The van der Waals surface area contributed by atoms with Crippen LogP contribution < -0.4 is 5.32 Å². The molecule has 1 N–H and O–H groups in total. The molecule has 1 heterocycles. The number of nitrogens with zero attached hydrogens (tertiary/aromatic N) is 1. The average Bonchev–Trinajstić information content (AvgIpc) is 2.91. The van der Waals surface area contributed by atoms with Gasteiger partial charge in [0.05, 0.1) is 23.8 Å². The van der Waals surface area contributed by atoms with Gasteiger partial charge in [-0.2, -0.15) is 26.3 Å². The fraction of sp³-hybridized carbons (Fsp3) is 0.379. The Morgan fingerprint density at radius 2 is 1.59 bits per heavy atom. The molecule has 0 spiro atoms. The zero-order valence-electron chi connectivity index (χ0n) is 20.9. The van der Waals surface area contributed by atoms with Gasteiger partial charge in [0.2, 0.25) is 5.91 Å². The molecule has 39 heavy (non-hydrogen) atoms. The van der Waals surface area contributed by atoms with Crippen LogP contribution in [0.3, 0.4) is 0 Å². The normalized spacial score (nSPS) is 20.0. The smallest absolute Gasteiger partial charge is 0.373 e. The molecule has 0 unspecified atom stereocenters. The van der Waals surface area contributed by atoms with E-state index in [1.807, 2.05) is 36.4 Å². The SMILES string of the molecule is O=C(C[C@H]1CCC[C@H](OCc2cc(C(F)(F)F)cc(C(F)(F)F)c2)[C@@H]1c1ccccc1)NCc1cccnc1. The number of amides is 1. The Hall–Kier alpha value is -3.40. The van der Waals surface area contributed by atoms with Gasteiger partial charge in [-0.25, -0.2) is 0 Å². The van der Waals surface area contributed by atoms with Crippen LogP contribution in [-0.2, 0) is 35.0 Å². The zero-order chi connectivity index (χ0) is 28.0. The van der Waals surface area contributed by atoms with Gasteiger partial charge in [0.1, 0.15) is 0 Å². The first-order valence-corrected chi connectivity index (χ1v) is 12.6. The van der Waals surface area contributed by atoms with Crippen molar-refractivity contribution < 1.29 is 35.9 Å². The Kier molecular flexibility index (Phi) is 8.94. The minimum atomic E-state index is -4.93. The molecule has 1 fully saturated rings. The summed E-state index contributed by atoms with van der Waals surface area (Å²) in [7, 11) is 0. The third-order valence-electron chi connectivity index (χ3n) is 6.93. The third kappa shape index (κ3) is 7.81. The number of aromatic nitrogens is 1. The van der Waals surface area contributed by atoms with Gasteiger partial charge >= 0.3 is 12.4 Å². The Labute approximate surface area is 222 Å². The second kappa shape index (κ2) is 12.2. The predicted molar refractivity (Wildman–Crippen MR) is 132 cm³/mol. The molecule has 1 aliphatic carbocycles. The van der Waals surface area contributed by atoms with Gasteiger partial charge in [-0.15, -0.1) is 0 Å². The van der Waals surface area contributed by atoms with Crippen LogP contribution in [0.2, 0.25) is 0 Å². The summed E-state index contributed by atoms with van der Waals surface area (Å²) in [6.07, 6.45) is -4.81. The van der Waals surface area contributed by atoms with Gasteiger partial charge in [0.15, 0.2) is 0 Å². The zero-order valence-corrected chi connectivity index (χ0v) is 20.9. The van der Waals surface area contributed by atoms with Crippen molar-refractivity contribution in [2.24, 2.45) is 5.92 Å². The van der Waals surface area contributed by atoms with Crippen LogP contribution >= 0.6 is 0 Å².